The number of aryl methyl sites for hydroxylation is 1. The lowest BCUT2D eigenvalue weighted by atomic mass is 9.95. The Morgan fingerprint density at radius 1 is 1.00 bits per heavy atom. The largest absolute Gasteiger partial charge is 0.339 e. The summed E-state index contributed by atoms with van der Waals surface area (Å²) in [5.41, 5.74) is 1.34. The fourth-order valence-corrected chi connectivity index (χ4v) is 5.25. The Balaban J connectivity index is 1.36. The molecular formula is C23H28N2O2S. The normalized spacial score (nSPS) is 22.4. The molecule has 0 saturated carbocycles. The average molecular weight is 397 g/mol. The monoisotopic (exact) mass is 396 g/mol. The van der Waals surface area contributed by atoms with Crippen LogP contribution in [-0.2, 0) is 11.2 Å². The summed E-state index contributed by atoms with van der Waals surface area (Å²) in [5, 5.41) is 1.93. The van der Waals surface area contributed by atoms with Crippen LogP contribution in [0.15, 0.2) is 47.8 Å². The summed E-state index contributed by atoms with van der Waals surface area (Å²) < 4.78 is 0. The zero-order valence-electron chi connectivity index (χ0n) is 16.3. The van der Waals surface area contributed by atoms with Gasteiger partial charge in [0, 0.05) is 25.7 Å². The maximum atomic E-state index is 13.3. The molecule has 148 valence electrons. The molecule has 0 spiro atoms. The number of carbonyl (C=O) groups excluding carboxylic acids is 2. The van der Waals surface area contributed by atoms with Gasteiger partial charge in [-0.25, -0.2) is 0 Å². The first-order valence-electron chi connectivity index (χ1n) is 10.4. The van der Waals surface area contributed by atoms with Gasteiger partial charge in [-0.1, -0.05) is 36.4 Å². The van der Waals surface area contributed by atoms with E-state index in [-0.39, 0.29) is 17.7 Å². The second kappa shape index (κ2) is 8.91. The molecular weight excluding hydrogens is 368 g/mol. The first-order valence-corrected chi connectivity index (χ1v) is 11.3. The van der Waals surface area contributed by atoms with Gasteiger partial charge in [-0.2, -0.15) is 0 Å². The molecule has 2 aromatic rings. The van der Waals surface area contributed by atoms with Gasteiger partial charge in [0.2, 0.25) is 5.91 Å². The quantitative estimate of drug-likeness (QED) is 0.759. The van der Waals surface area contributed by atoms with E-state index in [0.717, 1.165) is 56.5 Å². The van der Waals surface area contributed by atoms with Crippen LogP contribution < -0.4 is 0 Å². The van der Waals surface area contributed by atoms with Crippen molar-refractivity contribution in [2.45, 2.75) is 44.6 Å². The van der Waals surface area contributed by atoms with Crippen molar-refractivity contribution in [1.82, 2.24) is 9.80 Å². The molecule has 2 amide bonds. The van der Waals surface area contributed by atoms with Crippen molar-refractivity contribution in [1.29, 1.82) is 0 Å². The lowest BCUT2D eigenvalue weighted by molar-refractivity contribution is -0.137. The van der Waals surface area contributed by atoms with Crippen LogP contribution in [0.2, 0.25) is 0 Å². The molecule has 2 saturated heterocycles. The maximum Gasteiger partial charge on any atom is 0.263 e. The van der Waals surface area contributed by atoms with E-state index in [0.29, 0.717) is 12.6 Å². The van der Waals surface area contributed by atoms with Crippen molar-refractivity contribution < 1.29 is 9.59 Å². The van der Waals surface area contributed by atoms with Crippen LogP contribution >= 0.6 is 11.3 Å². The van der Waals surface area contributed by atoms with E-state index in [1.54, 1.807) is 0 Å². The number of carbonyl (C=O) groups is 2. The summed E-state index contributed by atoms with van der Waals surface area (Å²) >= 11 is 1.48. The van der Waals surface area contributed by atoms with E-state index in [4.69, 9.17) is 0 Å². The Hall–Kier alpha value is -2.14. The summed E-state index contributed by atoms with van der Waals surface area (Å²) in [4.78, 5) is 30.7. The van der Waals surface area contributed by atoms with Crippen LogP contribution in [0.5, 0.6) is 0 Å². The van der Waals surface area contributed by atoms with Crippen molar-refractivity contribution in [2.75, 3.05) is 19.6 Å². The molecule has 2 unspecified atom stereocenters. The van der Waals surface area contributed by atoms with Gasteiger partial charge in [-0.15, -0.1) is 11.3 Å². The predicted octanol–water partition coefficient (Wildman–Crippen LogP) is 4.22. The zero-order chi connectivity index (χ0) is 19.3. The number of likely N-dealkylation sites (tertiary alicyclic amines) is 2. The summed E-state index contributed by atoms with van der Waals surface area (Å²) in [6, 6.07) is 14.6. The molecule has 4 nitrogen and oxygen atoms in total. The summed E-state index contributed by atoms with van der Waals surface area (Å²) in [7, 11) is 0. The highest BCUT2D eigenvalue weighted by molar-refractivity contribution is 7.12. The number of piperidine rings is 1. The first kappa shape index (κ1) is 19.2. The highest BCUT2D eigenvalue weighted by Gasteiger charge is 2.36. The minimum atomic E-state index is -0.0463. The van der Waals surface area contributed by atoms with E-state index in [1.165, 1.54) is 16.9 Å². The first-order chi connectivity index (χ1) is 13.7. The molecule has 0 aliphatic carbocycles. The molecule has 1 aromatic carbocycles. The molecule has 0 bridgehead atoms. The van der Waals surface area contributed by atoms with Gasteiger partial charge in [0.15, 0.2) is 0 Å². The highest BCUT2D eigenvalue weighted by atomic mass is 32.1. The average Bonchev–Trinajstić information content (AvgIpc) is 3.44. The topological polar surface area (TPSA) is 40.6 Å². The van der Waals surface area contributed by atoms with Crippen molar-refractivity contribution in [3.05, 3.63) is 58.3 Å². The lowest BCUT2D eigenvalue weighted by Gasteiger charge is -2.35. The number of rotatable bonds is 5. The van der Waals surface area contributed by atoms with Crippen molar-refractivity contribution in [3.63, 3.8) is 0 Å². The molecule has 0 N–H and O–H groups in total. The molecule has 2 fully saturated rings. The Morgan fingerprint density at radius 2 is 1.82 bits per heavy atom. The smallest absolute Gasteiger partial charge is 0.263 e. The number of benzene rings is 1. The van der Waals surface area contributed by atoms with Crippen molar-refractivity contribution >= 4 is 23.2 Å². The van der Waals surface area contributed by atoms with E-state index < -0.39 is 0 Å². The SMILES string of the molecule is O=C(c1cccs1)N1CCCC(C(=O)N2CCCC2CCc2ccccc2)C1. The van der Waals surface area contributed by atoms with Gasteiger partial charge in [-0.3, -0.25) is 9.59 Å². The van der Waals surface area contributed by atoms with E-state index in [2.05, 4.69) is 29.2 Å². The minimum Gasteiger partial charge on any atom is -0.339 e. The second-order valence-electron chi connectivity index (χ2n) is 7.92. The van der Waals surface area contributed by atoms with E-state index in [9.17, 15) is 9.59 Å². The van der Waals surface area contributed by atoms with Gasteiger partial charge in [0.05, 0.1) is 10.8 Å². The predicted molar refractivity (Wildman–Crippen MR) is 112 cm³/mol. The Morgan fingerprint density at radius 3 is 2.61 bits per heavy atom. The van der Waals surface area contributed by atoms with E-state index in [1.807, 2.05) is 28.5 Å². The molecule has 28 heavy (non-hydrogen) atoms. The lowest BCUT2D eigenvalue weighted by Crippen LogP contribution is -2.48. The number of nitrogens with zero attached hydrogens (tertiary/aromatic N) is 2. The molecule has 5 heteroatoms. The number of thiophene rings is 1. The van der Waals surface area contributed by atoms with Gasteiger partial charge in [-0.05, 0) is 55.5 Å². The van der Waals surface area contributed by atoms with Gasteiger partial charge >= 0.3 is 0 Å². The third-order valence-electron chi connectivity index (χ3n) is 6.06. The Kier molecular flexibility index (Phi) is 6.10. The minimum absolute atomic E-state index is 0.0463. The zero-order valence-corrected chi connectivity index (χ0v) is 17.1. The van der Waals surface area contributed by atoms with Gasteiger partial charge in [0.1, 0.15) is 0 Å². The highest BCUT2D eigenvalue weighted by Crippen LogP contribution is 2.28. The summed E-state index contributed by atoms with van der Waals surface area (Å²) in [5.74, 6) is 0.295. The van der Waals surface area contributed by atoms with Gasteiger partial charge in [0.25, 0.3) is 5.91 Å². The molecule has 0 radical (unpaired) electrons. The molecule has 3 heterocycles. The van der Waals surface area contributed by atoms with Crippen LogP contribution in [0, 0.1) is 5.92 Å². The Bertz CT molecular complexity index is 790. The summed E-state index contributed by atoms with van der Waals surface area (Å²) in [6.45, 7) is 2.20. The van der Waals surface area contributed by atoms with Crippen LogP contribution in [0.3, 0.4) is 0 Å². The third kappa shape index (κ3) is 4.30. The maximum absolute atomic E-state index is 13.3. The molecule has 1 aromatic heterocycles. The van der Waals surface area contributed by atoms with Gasteiger partial charge < -0.3 is 9.80 Å². The number of amides is 2. The van der Waals surface area contributed by atoms with Crippen molar-refractivity contribution in [2.24, 2.45) is 5.92 Å². The number of hydrogen-bond donors (Lipinski definition) is 0. The van der Waals surface area contributed by atoms with Crippen LogP contribution in [-0.4, -0.2) is 47.3 Å². The Labute approximate surface area is 171 Å². The van der Waals surface area contributed by atoms with Crippen LogP contribution in [0.25, 0.3) is 0 Å². The molecule has 2 atom stereocenters. The second-order valence-corrected chi connectivity index (χ2v) is 8.87. The molecule has 4 rings (SSSR count). The number of hydrogen-bond acceptors (Lipinski definition) is 3. The fraction of sp³-hybridized carbons (Fsp3) is 0.478. The van der Waals surface area contributed by atoms with Crippen LogP contribution in [0.1, 0.15) is 47.3 Å². The fourth-order valence-electron chi connectivity index (χ4n) is 4.56. The summed E-state index contributed by atoms with van der Waals surface area (Å²) in [6.07, 6.45) is 6.05. The standard InChI is InChI=1S/C23H28N2O2S/c26-22(19-9-4-14-24(17-19)23(27)21-11-6-16-28-21)25-15-5-10-20(25)13-12-18-7-2-1-3-8-18/h1-3,6-8,11,16,19-20H,4-5,9-10,12-15,17H2. The molecule has 2 aliphatic rings. The van der Waals surface area contributed by atoms with Crippen molar-refractivity contribution in [3.8, 4) is 0 Å². The molecule has 2 aliphatic heterocycles. The van der Waals surface area contributed by atoms with Crippen LogP contribution in [0.4, 0.5) is 0 Å². The third-order valence-corrected chi connectivity index (χ3v) is 6.92. The van der Waals surface area contributed by atoms with E-state index >= 15 is 0 Å².